The zero-order chi connectivity index (χ0) is 9.14. The lowest BCUT2D eigenvalue weighted by Crippen LogP contribution is -2.32. The van der Waals surface area contributed by atoms with Crippen molar-refractivity contribution < 1.29 is 0 Å². The Bertz CT molecular complexity index is 122. The topological polar surface area (TPSA) is 29.3 Å². The molecule has 2 N–H and O–H groups in total. The highest BCUT2D eigenvalue weighted by molar-refractivity contribution is 4.83. The van der Waals surface area contributed by atoms with Gasteiger partial charge in [0.1, 0.15) is 0 Å². The largest absolute Gasteiger partial charge is 0.327 e. The maximum atomic E-state index is 5.96. The molecule has 1 unspecified atom stereocenters. The Morgan fingerprint density at radius 1 is 1.42 bits per heavy atom. The van der Waals surface area contributed by atoms with Crippen LogP contribution in [0.2, 0.25) is 0 Å². The van der Waals surface area contributed by atoms with Crippen LogP contribution >= 0.6 is 0 Å². The van der Waals surface area contributed by atoms with Crippen LogP contribution in [0.15, 0.2) is 0 Å². The summed E-state index contributed by atoms with van der Waals surface area (Å²) < 4.78 is 0. The average molecular weight is 170 g/mol. The van der Waals surface area contributed by atoms with Crippen LogP contribution in [0.1, 0.15) is 33.1 Å². The van der Waals surface area contributed by atoms with Crippen LogP contribution in [0, 0.1) is 5.92 Å². The Hall–Kier alpha value is -0.0800. The molecule has 1 fully saturated rings. The maximum absolute atomic E-state index is 5.96. The van der Waals surface area contributed by atoms with Crippen LogP contribution in [0.5, 0.6) is 0 Å². The summed E-state index contributed by atoms with van der Waals surface area (Å²) in [6.07, 6.45) is 3.94. The van der Waals surface area contributed by atoms with Crippen molar-refractivity contribution in [2.75, 3.05) is 13.6 Å². The van der Waals surface area contributed by atoms with E-state index >= 15 is 0 Å². The van der Waals surface area contributed by atoms with E-state index in [0.29, 0.717) is 12.0 Å². The van der Waals surface area contributed by atoms with Crippen LogP contribution in [-0.2, 0) is 0 Å². The molecular weight excluding hydrogens is 148 g/mol. The molecule has 0 aromatic heterocycles. The van der Waals surface area contributed by atoms with Gasteiger partial charge in [0.05, 0.1) is 0 Å². The minimum Gasteiger partial charge on any atom is -0.327 e. The Kier molecular flexibility index (Phi) is 3.53. The van der Waals surface area contributed by atoms with Gasteiger partial charge in [-0.05, 0) is 38.8 Å². The highest BCUT2D eigenvalue weighted by Crippen LogP contribution is 2.25. The number of nitrogens with zero attached hydrogens (tertiary/aromatic N) is 1. The molecule has 0 bridgehead atoms. The fourth-order valence-corrected chi connectivity index (χ4v) is 1.38. The molecule has 1 aliphatic rings. The predicted octanol–water partition coefficient (Wildman–Crippen LogP) is 1.45. The molecule has 0 saturated heterocycles. The fourth-order valence-electron chi connectivity index (χ4n) is 1.38. The molecule has 1 aliphatic carbocycles. The first kappa shape index (κ1) is 10.0. The van der Waals surface area contributed by atoms with Crippen LogP contribution in [0.3, 0.4) is 0 Å². The van der Waals surface area contributed by atoms with E-state index in [1.54, 1.807) is 0 Å². The van der Waals surface area contributed by atoms with E-state index in [1.165, 1.54) is 19.4 Å². The SMILES string of the molecule is CC(C)C(N)CCN(C)C1CC1. The number of nitrogens with two attached hydrogens (primary N) is 1. The van der Waals surface area contributed by atoms with E-state index in [9.17, 15) is 0 Å². The molecule has 0 heterocycles. The number of rotatable bonds is 5. The normalized spacial score (nSPS) is 20.5. The summed E-state index contributed by atoms with van der Waals surface area (Å²) in [4.78, 5) is 2.45. The summed E-state index contributed by atoms with van der Waals surface area (Å²) >= 11 is 0. The predicted molar refractivity (Wildman–Crippen MR) is 53.1 cm³/mol. The van der Waals surface area contributed by atoms with E-state index < -0.39 is 0 Å². The lowest BCUT2D eigenvalue weighted by molar-refractivity contribution is 0.294. The third kappa shape index (κ3) is 3.11. The molecule has 0 aliphatic heterocycles. The molecule has 1 atom stereocenters. The Labute approximate surface area is 76.1 Å². The van der Waals surface area contributed by atoms with Gasteiger partial charge in [-0.2, -0.15) is 0 Å². The zero-order valence-corrected chi connectivity index (χ0v) is 8.59. The van der Waals surface area contributed by atoms with E-state index in [4.69, 9.17) is 5.73 Å². The minimum atomic E-state index is 0.381. The van der Waals surface area contributed by atoms with Gasteiger partial charge in [-0.15, -0.1) is 0 Å². The van der Waals surface area contributed by atoms with Crippen LogP contribution in [0.25, 0.3) is 0 Å². The van der Waals surface area contributed by atoms with Gasteiger partial charge >= 0.3 is 0 Å². The summed E-state index contributed by atoms with van der Waals surface area (Å²) in [6.45, 7) is 5.56. The summed E-state index contributed by atoms with van der Waals surface area (Å²) in [6, 6.07) is 1.26. The molecule has 1 saturated carbocycles. The van der Waals surface area contributed by atoms with Crippen molar-refractivity contribution in [1.29, 1.82) is 0 Å². The molecule has 0 amide bonds. The van der Waals surface area contributed by atoms with Crippen molar-refractivity contribution in [2.45, 2.75) is 45.2 Å². The third-order valence-electron chi connectivity index (χ3n) is 2.84. The molecule has 0 aromatic rings. The van der Waals surface area contributed by atoms with Gasteiger partial charge in [0.15, 0.2) is 0 Å². The summed E-state index contributed by atoms with van der Waals surface area (Å²) in [7, 11) is 2.21. The second-order valence-corrected chi connectivity index (χ2v) is 4.41. The smallest absolute Gasteiger partial charge is 0.00933 e. The lowest BCUT2D eigenvalue weighted by Gasteiger charge is -2.20. The molecule has 0 spiro atoms. The molecule has 0 radical (unpaired) electrons. The quantitative estimate of drug-likeness (QED) is 0.676. The fraction of sp³-hybridized carbons (Fsp3) is 1.00. The van der Waals surface area contributed by atoms with Crippen LogP contribution in [0.4, 0.5) is 0 Å². The standard InChI is InChI=1S/C10H22N2/c1-8(2)10(11)6-7-12(3)9-4-5-9/h8-10H,4-7,11H2,1-3H3. The first-order valence-electron chi connectivity index (χ1n) is 5.07. The van der Waals surface area contributed by atoms with Gasteiger partial charge in [-0.3, -0.25) is 0 Å². The highest BCUT2D eigenvalue weighted by atomic mass is 15.1. The van der Waals surface area contributed by atoms with Gasteiger partial charge in [-0.25, -0.2) is 0 Å². The summed E-state index contributed by atoms with van der Waals surface area (Å²) in [5.74, 6) is 0.623. The Morgan fingerprint density at radius 3 is 2.42 bits per heavy atom. The van der Waals surface area contributed by atoms with Crippen molar-refractivity contribution >= 4 is 0 Å². The third-order valence-corrected chi connectivity index (χ3v) is 2.84. The molecule has 2 nitrogen and oxygen atoms in total. The van der Waals surface area contributed by atoms with Crippen LogP contribution < -0.4 is 5.73 Å². The van der Waals surface area contributed by atoms with Gasteiger partial charge in [-0.1, -0.05) is 13.8 Å². The lowest BCUT2D eigenvalue weighted by atomic mass is 10.0. The zero-order valence-electron chi connectivity index (χ0n) is 8.59. The molecular formula is C10H22N2. The van der Waals surface area contributed by atoms with Crippen LogP contribution in [-0.4, -0.2) is 30.6 Å². The first-order chi connectivity index (χ1) is 5.61. The monoisotopic (exact) mass is 170 g/mol. The van der Waals surface area contributed by atoms with E-state index in [1.807, 2.05) is 0 Å². The second-order valence-electron chi connectivity index (χ2n) is 4.41. The molecule has 72 valence electrons. The van der Waals surface area contributed by atoms with Crippen molar-refractivity contribution in [3.05, 3.63) is 0 Å². The second kappa shape index (κ2) is 4.24. The van der Waals surface area contributed by atoms with Crippen molar-refractivity contribution in [3.63, 3.8) is 0 Å². The van der Waals surface area contributed by atoms with E-state index in [0.717, 1.165) is 12.5 Å². The molecule has 2 heteroatoms. The van der Waals surface area contributed by atoms with Gasteiger partial charge in [0, 0.05) is 12.1 Å². The molecule has 12 heavy (non-hydrogen) atoms. The van der Waals surface area contributed by atoms with Crippen molar-refractivity contribution in [1.82, 2.24) is 4.90 Å². The average Bonchev–Trinajstić information content (AvgIpc) is 2.81. The van der Waals surface area contributed by atoms with E-state index in [-0.39, 0.29) is 0 Å². The first-order valence-corrected chi connectivity index (χ1v) is 5.07. The van der Waals surface area contributed by atoms with Gasteiger partial charge in [0.25, 0.3) is 0 Å². The van der Waals surface area contributed by atoms with Gasteiger partial charge < -0.3 is 10.6 Å². The number of hydrogen-bond donors (Lipinski definition) is 1. The Balaban J connectivity index is 2.07. The Morgan fingerprint density at radius 2 is 2.00 bits per heavy atom. The minimum absolute atomic E-state index is 0.381. The van der Waals surface area contributed by atoms with Crippen molar-refractivity contribution in [3.8, 4) is 0 Å². The maximum Gasteiger partial charge on any atom is 0.00933 e. The highest BCUT2D eigenvalue weighted by Gasteiger charge is 2.25. The molecule has 0 aromatic carbocycles. The van der Waals surface area contributed by atoms with E-state index in [2.05, 4.69) is 25.8 Å². The summed E-state index contributed by atoms with van der Waals surface area (Å²) in [5, 5.41) is 0. The molecule has 1 rings (SSSR count). The number of hydrogen-bond acceptors (Lipinski definition) is 2. The summed E-state index contributed by atoms with van der Waals surface area (Å²) in [5.41, 5.74) is 5.96. The van der Waals surface area contributed by atoms with Crippen molar-refractivity contribution in [2.24, 2.45) is 11.7 Å². The van der Waals surface area contributed by atoms with Gasteiger partial charge in [0.2, 0.25) is 0 Å².